The van der Waals surface area contributed by atoms with Crippen LogP contribution < -0.4 is 9.47 Å². The van der Waals surface area contributed by atoms with E-state index in [0.717, 1.165) is 53.8 Å². The first kappa shape index (κ1) is 30.3. The summed E-state index contributed by atoms with van der Waals surface area (Å²) >= 11 is 0. The number of ether oxygens (including phenoxy) is 2. The highest BCUT2D eigenvalue weighted by atomic mass is 16.5. The van der Waals surface area contributed by atoms with E-state index in [1.54, 1.807) is 6.07 Å². The SMILES string of the molecule is CCCCCCOc1nc(-c2ccc(OCC(CC)CCCC)cc2O)nc(-c2cc3ccccc3c3ccccc23)n1. The van der Waals surface area contributed by atoms with Crippen LogP contribution in [-0.2, 0) is 0 Å². The van der Waals surface area contributed by atoms with Crippen molar-refractivity contribution >= 4 is 21.5 Å². The van der Waals surface area contributed by atoms with Crippen LogP contribution in [0.1, 0.15) is 72.1 Å². The molecule has 0 aliphatic heterocycles. The van der Waals surface area contributed by atoms with Gasteiger partial charge in [0.1, 0.15) is 11.5 Å². The van der Waals surface area contributed by atoms with Crippen LogP contribution in [0.3, 0.4) is 0 Å². The van der Waals surface area contributed by atoms with Gasteiger partial charge in [0, 0.05) is 11.6 Å². The molecular formula is C37H43N3O3. The highest BCUT2D eigenvalue weighted by Gasteiger charge is 2.18. The van der Waals surface area contributed by atoms with Gasteiger partial charge in [0.05, 0.1) is 18.8 Å². The molecule has 224 valence electrons. The molecule has 1 atom stereocenters. The van der Waals surface area contributed by atoms with Crippen molar-refractivity contribution in [2.24, 2.45) is 5.92 Å². The fraction of sp³-hybridized carbons (Fsp3) is 0.378. The minimum Gasteiger partial charge on any atom is -0.507 e. The first-order valence-electron chi connectivity index (χ1n) is 15.9. The van der Waals surface area contributed by atoms with Gasteiger partial charge in [-0.05, 0) is 58.5 Å². The van der Waals surface area contributed by atoms with E-state index < -0.39 is 0 Å². The van der Waals surface area contributed by atoms with Crippen LogP contribution in [0.25, 0.3) is 44.3 Å². The molecule has 43 heavy (non-hydrogen) atoms. The van der Waals surface area contributed by atoms with E-state index in [4.69, 9.17) is 19.4 Å². The Morgan fingerprint density at radius 2 is 1.40 bits per heavy atom. The number of phenols is 1. The molecule has 0 bridgehead atoms. The third-order valence-corrected chi connectivity index (χ3v) is 8.09. The summed E-state index contributed by atoms with van der Waals surface area (Å²) in [5, 5.41) is 15.6. The standard InChI is InChI=1S/C37H43N3O3/c1-4-7-9-14-22-42-37-39-35(32-21-20-28(24-34(32)41)43-25-26(6-3)15-8-5-2)38-36(40-37)33-23-27-16-10-11-17-29(27)30-18-12-13-19-31(30)33/h10-13,16-21,23-24,26,41H,4-9,14-15,22,25H2,1-3H3. The van der Waals surface area contributed by atoms with Crippen molar-refractivity contribution in [2.75, 3.05) is 13.2 Å². The van der Waals surface area contributed by atoms with E-state index in [1.807, 2.05) is 24.3 Å². The lowest BCUT2D eigenvalue weighted by molar-refractivity contribution is 0.232. The van der Waals surface area contributed by atoms with E-state index in [0.29, 0.717) is 42.1 Å². The minimum absolute atomic E-state index is 0.0634. The molecule has 5 rings (SSSR count). The average Bonchev–Trinajstić information content (AvgIpc) is 3.04. The maximum absolute atomic E-state index is 11.1. The van der Waals surface area contributed by atoms with E-state index in [1.165, 1.54) is 24.6 Å². The number of rotatable bonds is 15. The number of hydrogen-bond acceptors (Lipinski definition) is 6. The summed E-state index contributed by atoms with van der Waals surface area (Å²) < 4.78 is 12.2. The van der Waals surface area contributed by atoms with Crippen LogP contribution >= 0.6 is 0 Å². The Hall–Kier alpha value is -4.19. The average molecular weight is 578 g/mol. The summed E-state index contributed by atoms with van der Waals surface area (Å²) in [4.78, 5) is 14.3. The number of aromatic hydroxyl groups is 1. The quantitative estimate of drug-likeness (QED) is 0.0986. The first-order chi connectivity index (χ1) is 21.1. The molecule has 1 aromatic heterocycles. The number of aromatic nitrogens is 3. The molecule has 0 spiro atoms. The Morgan fingerprint density at radius 1 is 0.674 bits per heavy atom. The largest absolute Gasteiger partial charge is 0.507 e. The van der Waals surface area contributed by atoms with Gasteiger partial charge in [-0.3, -0.25) is 0 Å². The molecule has 4 aromatic carbocycles. The van der Waals surface area contributed by atoms with Crippen LogP contribution in [0.2, 0.25) is 0 Å². The highest BCUT2D eigenvalue weighted by Crippen LogP contribution is 2.36. The van der Waals surface area contributed by atoms with Crippen molar-refractivity contribution in [2.45, 2.75) is 72.1 Å². The zero-order valence-electron chi connectivity index (χ0n) is 25.7. The zero-order chi connectivity index (χ0) is 30.0. The molecular weight excluding hydrogens is 534 g/mol. The summed E-state index contributed by atoms with van der Waals surface area (Å²) in [6.45, 7) is 7.76. The van der Waals surface area contributed by atoms with Crippen LogP contribution in [0.15, 0.2) is 72.8 Å². The van der Waals surface area contributed by atoms with E-state index in [9.17, 15) is 5.11 Å². The lowest BCUT2D eigenvalue weighted by atomic mass is 9.97. The van der Waals surface area contributed by atoms with Gasteiger partial charge in [-0.25, -0.2) is 4.98 Å². The fourth-order valence-corrected chi connectivity index (χ4v) is 5.50. The zero-order valence-corrected chi connectivity index (χ0v) is 25.7. The van der Waals surface area contributed by atoms with Gasteiger partial charge < -0.3 is 14.6 Å². The number of fused-ring (bicyclic) bond motifs is 3. The number of nitrogens with zero attached hydrogens (tertiary/aromatic N) is 3. The molecule has 6 heteroatoms. The molecule has 1 unspecified atom stereocenters. The lowest BCUT2D eigenvalue weighted by Crippen LogP contribution is -2.11. The van der Waals surface area contributed by atoms with Crippen molar-refractivity contribution in [3.8, 4) is 40.3 Å². The fourth-order valence-electron chi connectivity index (χ4n) is 5.50. The molecule has 6 nitrogen and oxygen atoms in total. The predicted octanol–water partition coefficient (Wildman–Crippen LogP) is 9.77. The number of hydrogen-bond donors (Lipinski definition) is 1. The van der Waals surface area contributed by atoms with Gasteiger partial charge >= 0.3 is 6.01 Å². The van der Waals surface area contributed by atoms with Crippen molar-refractivity contribution < 1.29 is 14.6 Å². The highest BCUT2D eigenvalue weighted by molar-refractivity contribution is 6.13. The van der Waals surface area contributed by atoms with Crippen LogP contribution in [0.5, 0.6) is 17.5 Å². The van der Waals surface area contributed by atoms with Gasteiger partial charge in [0.15, 0.2) is 11.6 Å². The first-order valence-corrected chi connectivity index (χ1v) is 15.9. The molecule has 0 amide bonds. The molecule has 0 saturated carbocycles. The van der Waals surface area contributed by atoms with Gasteiger partial charge in [-0.15, -0.1) is 0 Å². The molecule has 0 aliphatic rings. The number of unbranched alkanes of at least 4 members (excludes halogenated alkanes) is 4. The molecule has 0 saturated heterocycles. The third kappa shape index (κ3) is 7.42. The number of phenolic OH excluding ortho intramolecular Hbond substituents is 1. The van der Waals surface area contributed by atoms with Crippen LogP contribution in [0, 0.1) is 5.92 Å². The summed E-state index contributed by atoms with van der Waals surface area (Å²) in [5.74, 6) is 2.08. The van der Waals surface area contributed by atoms with Crippen molar-refractivity contribution in [1.82, 2.24) is 15.0 Å². The van der Waals surface area contributed by atoms with Gasteiger partial charge in [-0.2, -0.15) is 9.97 Å². The summed E-state index contributed by atoms with van der Waals surface area (Å²) in [6, 6.07) is 24.4. The van der Waals surface area contributed by atoms with Crippen molar-refractivity contribution in [3.05, 3.63) is 72.8 Å². The second-order valence-corrected chi connectivity index (χ2v) is 11.3. The van der Waals surface area contributed by atoms with Crippen molar-refractivity contribution in [3.63, 3.8) is 0 Å². The summed E-state index contributed by atoms with van der Waals surface area (Å²) in [7, 11) is 0. The Kier molecular flexibility index (Phi) is 10.4. The molecule has 5 aromatic rings. The van der Waals surface area contributed by atoms with E-state index in [2.05, 4.69) is 68.2 Å². The Bertz CT molecular complexity index is 1650. The maximum Gasteiger partial charge on any atom is 0.320 e. The predicted molar refractivity (Wildman–Crippen MR) is 176 cm³/mol. The molecule has 0 aliphatic carbocycles. The normalized spacial score (nSPS) is 12.1. The van der Waals surface area contributed by atoms with E-state index >= 15 is 0 Å². The smallest absolute Gasteiger partial charge is 0.320 e. The van der Waals surface area contributed by atoms with Gasteiger partial charge in [0.25, 0.3) is 0 Å². The molecule has 0 fully saturated rings. The Morgan fingerprint density at radius 3 is 2.14 bits per heavy atom. The summed E-state index contributed by atoms with van der Waals surface area (Å²) in [5.41, 5.74) is 1.40. The minimum atomic E-state index is 0.0634. The maximum atomic E-state index is 11.1. The second-order valence-electron chi connectivity index (χ2n) is 11.3. The van der Waals surface area contributed by atoms with E-state index in [-0.39, 0.29) is 11.8 Å². The summed E-state index contributed by atoms with van der Waals surface area (Å²) in [6.07, 6.45) is 8.94. The third-order valence-electron chi connectivity index (χ3n) is 8.09. The Balaban J connectivity index is 1.52. The second kappa shape index (κ2) is 14.8. The van der Waals surface area contributed by atoms with Gasteiger partial charge in [0.2, 0.25) is 0 Å². The lowest BCUT2D eigenvalue weighted by Gasteiger charge is -2.16. The van der Waals surface area contributed by atoms with Gasteiger partial charge in [-0.1, -0.05) is 108 Å². The topological polar surface area (TPSA) is 77.4 Å². The van der Waals surface area contributed by atoms with Crippen LogP contribution in [0.4, 0.5) is 0 Å². The molecule has 1 N–H and O–H groups in total. The molecule has 1 heterocycles. The van der Waals surface area contributed by atoms with Crippen LogP contribution in [-0.4, -0.2) is 33.3 Å². The molecule has 0 radical (unpaired) electrons. The van der Waals surface area contributed by atoms with Crippen molar-refractivity contribution in [1.29, 1.82) is 0 Å². The monoisotopic (exact) mass is 577 g/mol. The number of benzene rings is 4. The Labute approximate surface area is 255 Å².